The average Bonchev–Trinajstić information content (AvgIpc) is 3.41. The number of H-pyrrole nitrogens is 1. The highest BCUT2D eigenvalue weighted by atomic mass is 16.6. The van der Waals surface area contributed by atoms with Crippen LogP contribution in [0.2, 0.25) is 0 Å². The van der Waals surface area contributed by atoms with E-state index in [1.165, 1.54) is 0 Å². The molecule has 0 saturated heterocycles. The summed E-state index contributed by atoms with van der Waals surface area (Å²) in [6.07, 6.45) is 0.219. The Labute approximate surface area is 217 Å². The molecule has 8 rings (SSSR count). The Bertz CT molecular complexity index is 1720. The number of carbonyl (C=O) groups excluding carboxylic acids is 1. The van der Waals surface area contributed by atoms with Gasteiger partial charge in [0.25, 0.3) is 5.54 Å². The quantitative estimate of drug-likeness (QED) is 0.252. The van der Waals surface area contributed by atoms with Gasteiger partial charge in [-0.3, -0.25) is 25.3 Å². The minimum absolute atomic E-state index is 0.158. The molecule has 8 nitrogen and oxygen atoms in total. The highest BCUT2D eigenvalue weighted by Gasteiger charge is 2.68. The Morgan fingerprint density at radius 2 is 1.53 bits per heavy atom. The molecule has 0 fully saturated rings. The number of aromatic nitrogens is 3. The third-order valence-electron chi connectivity index (χ3n) is 8.36. The standard InChI is InChI=1S/C30H23N5O3/c1-18-17-29(35(37)38)22-13-4-6-15-24(22)30(18,25-16-7-5-14-23(25)29)27(36)32-28-31-26(33-34-28)21-12-8-10-19-9-2-3-11-20(19)21/h2-16,18H,17H2,1H3,(H2,31,32,33,34,36). The number of fused-ring (bicyclic) bond motifs is 2. The van der Waals surface area contributed by atoms with Crippen LogP contribution in [0.4, 0.5) is 5.95 Å². The number of amides is 1. The number of nitro groups is 1. The fourth-order valence-corrected chi connectivity index (χ4v) is 6.82. The fourth-order valence-electron chi connectivity index (χ4n) is 6.82. The van der Waals surface area contributed by atoms with E-state index in [4.69, 9.17) is 0 Å². The second-order valence-corrected chi connectivity index (χ2v) is 10.1. The zero-order chi connectivity index (χ0) is 26.1. The number of benzene rings is 4. The van der Waals surface area contributed by atoms with Crippen molar-refractivity contribution in [3.05, 3.63) is 123 Å². The molecule has 1 unspecified atom stereocenters. The zero-order valence-corrected chi connectivity index (χ0v) is 20.5. The third kappa shape index (κ3) is 2.71. The van der Waals surface area contributed by atoms with Gasteiger partial charge >= 0.3 is 0 Å². The summed E-state index contributed by atoms with van der Waals surface area (Å²) in [5, 5.41) is 25.0. The van der Waals surface area contributed by atoms with Gasteiger partial charge in [0.05, 0.1) is 0 Å². The molecule has 3 aliphatic carbocycles. The van der Waals surface area contributed by atoms with Crippen LogP contribution < -0.4 is 5.32 Å². The van der Waals surface area contributed by atoms with Gasteiger partial charge in [0.1, 0.15) is 5.41 Å². The second kappa shape index (κ2) is 7.82. The molecule has 38 heavy (non-hydrogen) atoms. The van der Waals surface area contributed by atoms with E-state index in [-0.39, 0.29) is 29.1 Å². The van der Waals surface area contributed by atoms with E-state index in [2.05, 4.69) is 20.5 Å². The SMILES string of the molecule is CC1CC2([N+](=O)[O-])c3ccccc3C1(C(=O)Nc1n[nH]c(-c3cccc4ccccc34)n1)c1ccccc12. The van der Waals surface area contributed by atoms with E-state index in [0.717, 1.165) is 16.3 Å². The Hall–Kier alpha value is -4.85. The van der Waals surface area contributed by atoms with E-state index in [9.17, 15) is 14.9 Å². The van der Waals surface area contributed by atoms with Crippen molar-refractivity contribution < 1.29 is 9.72 Å². The number of hydrogen-bond donors (Lipinski definition) is 2. The molecule has 0 spiro atoms. The molecule has 2 bridgehead atoms. The largest absolute Gasteiger partial charge is 0.292 e. The van der Waals surface area contributed by atoms with Crippen LogP contribution in [0.25, 0.3) is 22.2 Å². The summed E-state index contributed by atoms with van der Waals surface area (Å²) in [4.78, 5) is 31.4. The third-order valence-corrected chi connectivity index (χ3v) is 8.36. The highest BCUT2D eigenvalue weighted by molar-refractivity contribution is 6.03. The van der Waals surface area contributed by atoms with Gasteiger partial charge in [0, 0.05) is 28.0 Å². The maximum absolute atomic E-state index is 14.3. The van der Waals surface area contributed by atoms with Crippen LogP contribution in [0.5, 0.6) is 0 Å². The first-order valence-corrected chi connectivity index (χ1v) is 12.5. The molecule has 0 radical (unpaired) electrons. The monoisotopic (exact) mass is 501 g/mol. The smallest absolute Gasteiger partial charge is 0.273 e. The molecule has 3 aliphatic rings. The molecule has 8 heteroatoms. The van der Waals surface area contributed by atoms with Gasteiger partial charge in [-0.1, -0.05) is 97.9 Å². The molecular formula is C30H23N5O3. The first-order valence-electron chi connectivity index (χ1n) is 12.5. The summed E-state index contributed by atoms with van der Waals surface area (Å²) < 4.78 is 0. The number of nitrogens with one attached hydrogen (secondary N) is 2. The second-order valence-electron chi connectivity index (χ2n) is 10.1. The molecular weight excluding hydrogens is 478 g/mol. The van der Waals surface area contributed by atoms with Gasteiger partial charge in [-0.25, -0.2) is 0 Å². The summed E-state index contributed by atoms with van der Waals surface area (Å²) in [7, 11) is 0. The summed E-state index contributed by atoms with van der Waals surface area (Å²) in [6.45, 7) is 1.92. The van der Waals surface area contributed by atoms with Gasteiger partial charge in [-0.05, 0) is 27.8 Å². The maximum Gasteiger partial charge on any atom is 0.273 e. The van der Waals surface area contributed by atoms with Crippen molar-refractivity contribution in [2.75, 3.05) is 5.32 Å². The topological polar surface area (TPSA) is 114 Å². The molecule has 1 amide bonds. The van der Waals surface area contributed by atoms with Crippen molar-refractivity contribution in [2.45, 2.75) is 24.3 Å². The van der Waals surface area contributed by atoms with Crippen LogP contribution >= 0.6 is 0 Å². The van der Waals surface area contributed by atoms with Crippen LogP contribution in [0, 0.1) is 16.0 Å². The van der Waals surface area contributed by atoms with Gasteiger partial charge in [-0.2, -0.15) is 4.98 Å². The van der Waals surface area contributed by atoms with Crippen molar-refractivity contribution in [1.29, 1.82) is 0 Å². The van der Waals surface area contributed by atoms with Gasteiger partial charge in [0.2, 0.25) is 11.9 Å². The minimum atomic E-state index is -1.39. The highest BCUT2D eigenvalue weighted by Crippen LogP contribution is 2.62. The lowest BCUT2D eigenvalue weighted by Crippen LogP contribution is -2.61. The molecule has 1 heterocycles. The normalized spacial score (nSPS) is 23.0. The summed E-state index contributed by atoms with van der Waals surface area (Å²) in [5.74, 6) is 0.0634. The van der Waals surface area contributed by atoms with E-state index in [1.807, 2.05) is 73.7 Å². The lowest BCUT2D eigenvalue weighted by Gasteiger charge is -2.53. The van der Waals surface area contributed by atoms with E-state index < -0.39 is 11.0 Å². The molecule has 0 saturated carbocycles. The number of nitrogens with zero attached hydrogens (tertiary/aromatic N) is 3. The predicted octanol–water partition coefficient (Wildman–Crippen LogP) is 5.42. The molecule has 5 aromatic rings. The van der Waals surface area contributed by atoms with Crippen LogP contribution in [-0.2, 0) is 15.7 Å². The van der Waals surface area contributed by atoms with Crippen molar-refractivity contribution in [1.82, 2.24) is 15.2 Å². The zero-order valence-electron chi connectivity index (χ0n) is 20.5. The molecule has 1 aromatic heterocycles. The Morgan fingerprint density at radius 1 is 0.921 bits per heavy atom. The predicted molar refractivity (Wildman–Crippen MR) is 143 cm³/mol. The van der Waals surface area contributed by atoms with Crippen molar-refractivity contribution in [3.8, 4) is 11.4 Å². The van der Waals surface area contributed by atoms with Crippen LogP contribution in [-0.4, -0.2) is 26.0 Å². The van der Waals surface area contributed by atoms with Gasteiger partial charge < -0.3 is 0 Å². The lowest BCUT2D eigenvalue weighted by atomic mass is 9.48. The fraction of sp³-hybridized carbons (Fsp3) is 0.167. The first-order chi connectivity index (χ1) is 18.5. The van der Waals surface area contributed by atoms with Crippen LogP contribution in [0.3, 0.4) is 0 Å². The number of aromatic amines is 1. The van der Waals surface area contributed by atoms with Crippen molar-refractivity contribution >= 4 is 22.6 Å². The Balaban J connectivity index is 1.35. The van der Waals surface area contributed by atoms with Crippen molar-refractivity contribution in [3.63, 3.8) is 0 Å². The van der Waals surface area contributed by atoms with Gasteiger partial charge in [-0.15, -0.1) is 5.10 Å². The molecule has 186 valence electrons. The van der Waals surface area contributed by atoms with Gasteiger partial charge in [0.15, 0.2) is 5.82 Å². The van der Waals surface area contributed by atoms with E-state index in [1.54, 1.807) is 24.3 Å². The number of rotatable bonds is 4. The molecule has 1 atom stereocenters. The summed E-state index contributed by atoms with van der Waals surface area (Å²) in [6, 6.07) is 28.5. The van der Waals surface area contributed by atoms with Crippen LogP contribution in [0.15, 0.2) is 91.0 Å². The lowest BCUT2D eigenvalue weighted by molar-refractivity contribution is -0.572. The number of carbonyl (C=O) groups is 1. The maximum atomic E-state index is 14.3. The molecule has 0 aliphatic heterocycles. The molecule has 4 aromatic carbocycles. The summed E-state index contributed by atoms with van der Waals surface area (Å²) in [5.41, 5.74) is 0.843. The van der Waals surface area contributed by atoms with E-state index >= 15 is 0 Å². The van der Waals surface area contributed by atoms with Crippen LogP contribution in [0.1, 0.15) is 35.6 Å². The Kier molecular flexibility index (Phi) is 4.60. The summed E-state index contributed by atoms with van der Waals surface area (Å²) >= 11 is 0. The first kappa shape index (κ1) is 22.4. The Morgan fingerprint density at radius 3 is 2.21 bits per heavy atom. The average molecular weight is 502 g/mol. The number of hydrogen-bond acceptors (Lipinski definition) is 5. The number of anilines is 1. The molecule has 2 N–H and O–H groups in total. The van der Waals surface area contributed by atoms with Crippen molar-refractivity contribution in [2.24, 2.45) is 5.92 Å². The minimum Gasteiger partial charge on any atom is -0.292 e. The van der Waals surface area contributed by atoms with E-state index in [0.29, 0.717) is 28.1 Å².